The zero-order valence-electron chi connectivity index (χ0n) is 15.2. The molecule has 0 saturated carbocycles. The fraction of sp³-hybridized carbons (Fsp3) is 0.579. The van der Waals surface area contributed by atoms with Gasteiger partial charge < -0.3 is 9.32 Å². The van der Waals surface area contributed by atoms with Gasteiger partial charge >= 0.3 is 0 Å². The van der Waals surface area contributed by atoms with Crippen molar-refractivity contribution in [3.63, 3.8) is 0 Å². The van der Waals surface area contributed by atoms with Crippen LogP contribution in [0.2, 0.25) is 0 Å². The van der Waals surface area contributed by atoms with Crippen molar-refractivity contribution in [3.8, 4) is 0 Å². The number of amides is 1. The summed E-state index contributed by atoms with van der Waals surface area (Å²) < 4.78 is 7.42. The zero-order chi connectivity index (χ0) is 17.6. The summed E-state index contributed by atoms with van der Waals surface area (Å²) in [6.45, 7) is 7.82. The number of carbonyl (C=O) groups is 1. The second-order valence-corrected chi connectivity index (χ2v) is 7.76. The lowest BCUT2D eigenvalue weighted by Crippen LogP contribution is -2.53. The number of likely N-dealkylation sites (tertiary alicyclic amines) is 1. The van der Waals surface area contributed by atoms with Gasteiger partial charge in [-0.3, -0.25) is 14.4 Å². The van der Waals surface area contributed by atoms with Gasteiger partial charge in [-0.15, -0.1) is 0 Å². The van der Waals surface area contributed by atoms with E-state index in [0.717, 1.165) is 56.0 Å². The molecule has 0 aromatic carbocycles. The Labute approximate surface area is 148 Å². The van der Waals surface area contributed by atoms with Crippen molar-refractivity contribution in [1.82, 2.24) is 19.6 Å². The number of fused-ring (bicyclic) bond motifs is 2. The van der Waals surface area contributed by atoms with E-state index in [1.807, 2.05) is 35.0 Å². The molecule has 0 atom stereocenters. The molecule has 2 aliphatic heterocycles. The molecule has 6 nitrogen and oxygen atoms in total. The monoisotopic (exact) mass is 342 g/mol. The van der Waals surface area contributed by atoms with Crippen LogP contribution in [0.25, 0.3) is 0 Å². The number of furan rings is 1. The van der Waals surface area contributed by atoms with Crippen LogP contribution in [-0.4, -0.2) is 52.2 Å². The number of rotatable bonds is 3. The van der Waals surface area contributed by atoms with E-state index in [9.17, 15) is 4.79 Å². The minimum Gasteiger partial charge on any atom is -0.468 e. The van der Waals surface area contributed by atoms with Crippen molar-refractivity contribution in [2.75, 3.05) is 26.7 Å². The van der Waals surface area contributed by atoms with Crippen LogP contribution in [0.5, 0.6) is 0 Å². The van der Waals surface area contributed by atoms with Crippen LogP contribution < -0.4 is 0 Å². The van der Waals surface area contributed by atoms with E-state index in [1.165, 1.54) is 0 Å². The predicted octanol–water partition coefficient (Wildman–Crippen LogP) is 2.68. The molecule has 4 heterocycles. The van der Waals surface area contributed by atoms with Gasteiger partial charge in [0.2, 0.25) is 0 Å². The van der Waals surface area contributed by atoms with Crippen molar-refractivity contribution in [2.45, 2.75) is 44.7 Å². The number of likely N-dealkylation sites (N-methyl/N-ethyl adjacent to an activating group) is 1. The van der Waals surface area contributed by atoms with Crippen LogP contribution in [0, 0.1) is 0 Å². The van der Waals surface area contributed by atoms with Crippen LogP contribution in [0.4, 0.5) is 0 Å². The molecule has 0 radical (unpaired) electrons. The summed E-state index contributed by atoms with van der Waals surface area (Å²) >= 11 is 0. The Morgan fingerprint density at radius 1 is 1.32 bits per heavy atom. The maximum absolute atomic E-state index is 12.6. The average molecular weight is 342 g/mol. The first-order chi connectivity index (χ1) is 12.0. The molecular weight excluding hydrogens is 316 g/mol. The largest absolute Gasteiger partial charge is 0.468 e. The molecule has 134 valence electrons. The molecule has 1 amide bonds. The summed E-state index contributed by atoms with van der Waals surface area (Å²) in [5.41, 5.74) is 1.79. The van der Waals surface area contributed by atoms with Crippen LogP contribution >= 0.6 is 0 Å². The molecule has 0 bridgehead atoms. The van der Waals surface area contributed by atoms with E-state index in [4.69, 9.17) is 9.52 Å². The highest BCUT2D eigenvalue weighted by Gasteiger charge is 2.46. The van der Waals surface area contributed by atoms with Gasteiger partial charge in [-0.2, -0.15) is 5.10 Å². The lowest BCUT2D eigenvalue weighted by molar-refractivity contribution is 0.0622. The first-order valence-corrected chi connectivity index (χ1v) is 9.08. The van der Waals surface area contributed by atoms with Gasteiger partial charge in [0.25, 0.3) is 5.91 Å². The Morgan fingerprint density at radius 3 is 2.72 bits per heavy atom. The van der Waals surface area contributed by atoms with Gasteiger partial charge in [0.15, 0.2) is 0 Å². The van der Waals surface area contributed by atoms with Crippen LogP contribution in [0.1, 0.15) is 54.5 Å². The molecule has 0 unspecified atom stereocenters. The Morgan fingerprint density at radius 2 is 2.08 bits per heavy atom. The third kappa shape index (κ3) is 2.78. The van der Waals surface area contributed by atoms with Gasteiger partial charge in [-0.25, -0.2) is 0 Å². The number of nitrogens with zero attached hydrogens (tertiary/aromatic N) is 4. The van der Waals surface area contributed by atoms with Gasteiger partial charge in [-0.05, 0) is 51.9 Å². The average Bonchev–Trinajstić information content (AvgIpc) is 3.25. The number of carbonyl (C=O) groups excluding carboxylic acids is 1. The molecule has 2 aromatic rings. The normalized spacial score (nSPS) is 20.5. The second kappa shape index (κ2) is 6.02. The van der Waals surface area contributed by atoms with Gasteiger partial charge in [0, 0.05) is 31.2 Å². The maximum Gasteiger partial charge on any atom is 0.257 e. The SMILES string of the molecule is CC(C)n1cc2c(n1)C1(CCN(Cc3ccco3)CC1)CN(C)C2=O. The van der Waals surface area contributed by atoms with E-state index in [1.54, 1.807) is 6.26 Å². The molecular formula is C19H26N4O2. The fourth-order valence-corrected chi connectivity index (χ4v) is 4.17. The van der Waals surface area contributed by atoms with E-state index < -0.39 is 0 Å². The van der Waals surface area contributed by atoms with Crippen LogP contribution in [-0.2, 0) is 12.0 Å². The van der Waals surface area contributed by atoms with Crippen LogP contribution in [0.3, 0.4) is 0 Å². The van der Waals surface area contributed by atoms with Gasteiger partial charge in [-0.1, -0.05) is 0 Å². The molecule has 0 N–H and O–H groups in total. The molecule has 6 heteroatoms. The van der Waals surface area contributed by atoms with Crippen LogP contribution in [0.15, 0.2) is 29.0 Å². The van der Waals surface area contributed by atoms with Crippen molar-refractivity contribution in [1.29, 1.82) is 0 Å². The zero-order valence-corrected chi connectivity index (χ0v) is 15.2. The summed E-state index contributed by atoms with van der Waals surface area (Å²) in [5.74, 6) is 1.11. The van der Waals surface area contributed by atoms with E-state index in [2.05, 4.69) is 18.7 Å². The standard InChI is InChI=1S/C19H26N4O2/c1-14(2)23-12-16-17(20-23)19(13-21(3)18(16)24)6-8-22(9-7-19)11-15-5-4-10-25-15/h4-5,10,12,14H,6-9,11,13H2,1-3H3. The Kier molecular flexibility index (Phi) is 3.95. The second-order valence-electron chi connectivity index (χ2n) is 7.76. The molecule has 1 saturated heterocycles. The number of hydrogen-bond acceptors (Lipinski definition) is 4. The fourth-order valence-electron chi connectivity index (χ4n) is 4.17. The number of piperidine rings is 1. The predicted molar refractivity (Wildman–Crippen MR) is 94.5 cm³/mol. The molecule has 2 aliphatic rings. The molecule has 1 fully saturated rings. The Bertz CT molecular complexity index is 754. The summed E-state index contributed by atoms with van der Waals surface area (Å²) in [7, 11) is 1.91. The maximum atomic E-state index is 12.6. The Hall–Kier alpha value is -2.08. The van der Waals surface area contributed by atoms with Gasteiger partial charge in [0.05, 0.1) is 24.1 Å². The highest BCUT2D eigenvalue weighted by molar-refractivity contribution is 5.96. The number of hydrogen-bond donors (Lipinski definition) is 0. The first-order valence-electron chi connectivity index (χ1n) is 9.08. The summed E-state index contributed by atoms with van der Waals surface area (Å²) in [6, 6.07) is 4.23. The Balaban J connectivity index is 1.58. The summed E-state index contributed by atoms with van der Waals surface area (Å²) in [6.07, 6.45) is 5.71. The minimum absolute atomic E-state index is 0.0161. The highest BCUT2D eigenvalue weighted by Crippen LogP contribution is 2.41. The third-order valence-electron chi connectivity index (χ3n) is 5.65. The molecule has 4 rings (SSSR count). The summed E-state index contributed by atoms with van der Waals surface area (Å²) in [5, 5.41) is 4.84. The number of aromatic nitrogens is 2. The molecule has 0 aliphatic carbocycles. The van der Waals surface area contributed by atoms with Crippen molar-refractivity contribution in [3.05, 3.63) is 41.6 Å². The highest BCUT2D eigenvalue weighted by atomic mass is 16.3. The quantitative estimate of drug-likeness (QED) is 0.860. The van der Waals surface area contributed by atoms with Crippen molar-refractivity contribution < 1.29 is 9.21 Å². The lowest BCUT2D eigenvalue weighted by atomic mass is 9.72. The van der Waals surface area contributed by atoms with E-state index in [0.29, 0.717) is 0 Å². The molecule has 2 aromatic heterocycles. The van der Waals surface area contributed by atoms with E-state index in [-0.39, 0.29) is 17.4 Å². The van der Waals surface area contributed by atoms with Gasteiger partial charge in [0.1, 0.15) is 5.76 Å². The van der Waals surface area contributed by atoms with Crippen molar-refractivity contribution >= 4 is 5.91 Å². The first kappa shape index (κ1) is 16.4. The molecule has 25 heavy (non-hydrogen) atoms. The smallest absolute Gasteiger partial charge is 0.257 e. The third-order valence-corrected chi connectivity index (χ3v) is 5.65. The van der Waals surface area contributed by atoms with Crippen molar-refractivity contribution in [2.24, 2.45) is 0 Å². The topological polar surface area (TPSA) is 54.5 Å². The molecule has 1 spiro atoms. The lowest BCUT2D eigenvalue weighted by Gasteiger charge is -2.45. The summed E-state index contributed by atoms with van der Waals surface area (Å²) in [4.78, 5) is 16.9. The van der Waals surface area contributed by atoms with E-state index >= 15 is 0 Å². The minimum atomic E-state index is -0.0161.